The summed E-state index contributed by atoms with van der Waals surface area (Å²) in [6.07, 6.45) is 0. The van der Waals surface area contributed by atoms with Crippen LogP contribution < -0.4 is 11.5 Å². The number of nitrogens with two attached hydrogens (primary N) is 2. The van der Waals surface area contributed by atoms with E-state index in [2.05, 4.69) is 0 Å². The van der Waals surface area contributed by atoms with Gasteiger partial charge in [-0.15, -0.1) is 0 Å². The number of rotatable bonds is 2. The molecule has 5 N–H and O–H groups in total. The Balaban J connectivity index is 3.16. The van der Waals surface area contributed by atoms with Crippen molar-refractivity contribution < 1.29 is 9.90 Å². The van der Waals surface area contributed by atoms with Crippen molar-refractivity contribution in [2.24, 2.45) is 0 Å². The van der Waals surface area contributed by atoms with Gasteiger partial charge in [0.15, 0.2) is 5.78 Å². The van der Waals surface area contributed by atoms with Crippen LogP contribution in [-0.4, -0.2) is 17.5 Å². The average Bonchev–Trinajstić information content (AvgIpc) is 2.08. The van der Waals surface area contributed by atoms with Gasteiger partial charge in [-0.3, -0.25) is 4.79 Å². The molecule has 1 rings (SSSR count). The van der Waals surface area contributed by atoms with Crippen LogP contribution in [0.5, 0.6) is 0 Å². The predicted octanol–water partition coefficient (Wildman–Crippen LogP) is 0.0260. The molecule has 1 aromatic rings. The molecule has 4 nitrogen and oxygen atoms in total. The van der Waals surface area contributed by atoms with Crippen molar-refractivity contribution in [1.29, 1.82) is 0 Å². The van der Waals surface area contributed by atoms with Gasteiger partial charge in [-0.25, -0.2) is 0 Å². The van der Waals surface area contributed by atoms with Crippen LogP contribution in [0.4, 0.5) is 11.4 Å². The van der Waals surface area contributed by atoms with Crippen molar-refractivity contribution in [3.05, 3.63) is 23.8 Å². The van der Waals surface area contributed by atoms with Crippen molar-refractivity contribution in [2.75, 3.05) is 18.1 Å². The van der Waals surface area contributed by atoms with Crippen LogP contribution in [0.2, 0.25) is 0 Å². The minimum Gasteiger partial charge on any atom is -0.397 e. The SMILES string of the molecule is Nc1cccc(C(=O)CO)c1N. The van der Waals surface area contributed by atoms with Crippen LogP contribution in [0, 0.1) is 0 Å². The van der Waals surface area contributed by atoms with Crippen LogP contribution in [-0.2, 0) is 0 Å². The Morgan fingerprint density at radius 2 is 2.08 bits per heavy atom. The van der Waals surface area contributed by atoms with Crippen molar-refractivity contribution >= 4 is 17.2 Å². The molecular weight excluding hydrogens is 156 g/mol. The van der Waals surface area contributed by atoms with E-state index in [0.29, 0.717) is 5.69 Å². The van der Waals surface area contributed by atoms with Crippen LogP contribution in [0.3, 0.4) is 0 Å². The first-order valence-corrected chi connectivity index (χ1v) is 3.45. The van der Waals surface area contributed by atoms with Gasteiger partial charge >= 0.3 is 0 Å². The summed E-state index contributed by atoms with van der Waals surface area (Å²) < 4.78 is 0. The molecule has 1 aromatic carbocycles. The molecule has 0 radical (unpaired) electrons. The Labute approximate surface area is 69.8 Å². The number of nitrogen functional groups attached to an aromatic ring is 2. The standard InChI is InChI=1S/C8H10N2O2/c9-6-3-1-2-5(8(6)10)7(12)4-11/h1-3,11H,4,9-10H2. The van der Waals surface area contributed by atoms with Crippen molar-refractivity contribution in [1.82, 2.24) is 0 Å². The maximum Gasteiger partial charge on any atom is 0.190 e. The Hall–Kier alpha value is -1.55. The van der Waals surface area contributed by atoms with E-state index in [-0.39, 0.29) is 11.3 Å². The zero-order valence-electron chi connectivity index (χ0n) is 6.45. The first-order chi connectivity index (χ1) is 5.66. The number of anilines is 2. The second-order valence-corrected chi connectivity index (χ2v) is 2.39. The molecule has 0 unspecified atom stereocenters. The summed E-state index contributed by atoms with van der Waals surface area (Å²) in [6, 6.07) is 4.75. The largest absolute Gasteiger partial charge is 0.397 e. The third-order valence-corrected chi connectivity index (χ3v) is 1.58. The summed E-state index contributed by atoms with van der Waals surface area (Å²) in [6.45, 7) is -0.548. The molecule has 0 bridgehead atoms. The number of aliphatic hydroxyl groups is 1. The van der Waals surface area contributed by atoms with Gasteiger partial charge < -0.3 is 16.6 Å². The van der Waals surface area contributed by atoms with E-state index in [1.54, 1.807) is 12.1 Å². The molecule has 0 saturated carbocycles. The maximum atomic E-state index is 11.0. The van der Waals surface area contributed by atoms with E-state index in [1.807, 2.05) is 0 Å². The Morgan fingerprint density at radius 3 is 2.67 bits per heavy atom. The highest BCUT2D eigenvalue weighted by Gasteiger charge is 2.09. The number of para-hydroxylation sites is 1. The lowest BCUT2D eigenvalue weighted by atomic mass is 10.1. The number of ketones is 1. The molecule has 4 heteroatoms. The number of hydrogen-bond acceptors (Lipinski definition) is 4. The zero-order valence-corrected chi connectivity index (χ0v) is 6.45. The Bertz CT molecular complexity index is 310. The summed E-state index contributed by atoms with van der Waals surface area (Å²) in [4.78, 5) is 11.0. The molecule has 0 heterocycles. The lowest BCUT2D eigenvalue weighted by Crippen LogP contribution is -2.09. The fraction of sp³-hybridized carbons (Fsp3) is 0.125. The van der Waals surface area contributed by atoms with E-state index < -0.39 is 12.4 Å². The Kier molecular flexibility index (Phi) is 2.30. The highest BCUT2D eigenvalue weighted by atomic mass is 16.3. The normalized spacial score (nSPS) is 9.75. The van der Waals surface area contributed by atoms with Gasteiger partial charge in [0.2, 0.25) is 0 Å². The lowest BCUT2D eigenvalue weighted by Gasteiger charge is -2.04. The van der Waals surface area contributed by atoms with Gasteiger partial charge in [-0.1, -0.05) is 6.07 Å². The number of carbonyl (C=O) groups is 1. The molecule has 0 aliphatic heterocycles. The molecule has 0 aliphatic rings. The van der Waals surface area contributed by atoms with Crippen molar-refractivity contribution in [2.45, 2.75) is 0 Å². The molecule has 64 valence electrons. The number of benzene rings is 1. The van der Waals surface area contributed by atoms with Crippen molar-refractivity contribution in [3.8, 4) is 0 Å². The minimum atomic E-state index is -0.548. The lowest BCUT2D eigenvalue weighted by molar-refractivity contribution is 0.0904. The summed E-state index contributed by atoms with van der Waals surface area (Å²) in [7, 11) is 0. The minimum absolute atomic E-state index is 0.233. The highest BCUT2D eigenvalue weighted by molar-refractivity contribution is 6.03. The predicted molar refractivity (Wildman–Crippen MR) is 46.7 cm³/mol. The van der Waals surface area contributed by atoms with Gasteiger partial charge in [-0.05, 0) is 12.1 Å². The van der Waals surface area contributed by atoms with E-state index in [9.17, 15) is 4.79 Å². The summed E-state index contributed by atoms with van der Waals surface area (Å²) in [5, 5.41) is 8.56. The van der Waals surface area contributed by atoms with Crippen LogP contribution in [0.1, 0.15) is 10.4 Å². The van der Waals surface area contributed by atoms with Gasteiger partial charge in [-0.2, -0.15) is 0 Å². The van der Waals surface area contributed by atoms with Crippen molar-refractivity contribution in [3.63, 3.8) is 0 Å². The van der Waals surface area contributed by atoms with Crippen LogP contribution >= 0.6 is 0 Å². The number of aliphatic hydroxyl groups excluding tert-OH is 1. The third kappa shape index (κ3) is 1.38. The first kappa shape index (κ1) is 8.55. The average molecular weight is 166 g/mol. The van der Waals surface area contributed by atoms with Gasteiger partial charge in [0, 0.05) is 5.56 Å². The maximum absolute atomic E-state index is 11.0. The quantitative estimate of drug-likeness (QED) is 0.427. The fourth-order valence-corrected chi connectivity index (χ4v) is 0.911. The summed E-state index contributed by atoms with van der Waals surface area (Å²) in [5.74, 6) is -0.417. The second kappa shape index (κ2) is 3.23. The van der Waals surface area contributed by atoms with Crippen LogP contribution in [0.25, 0.3) is 0 Å². The van der Waals surface area contributed by atoms with Gasteiger partial charge in [0.05, 0.1) is 11.4 Å². The fourth-order valence-electron chi connectivity index (χ4n) is 0.911. The summed E-state index contributed by atoms with van der Waals surface area (Å²) in [5.41, 5.74) is 11.8. The molecule has 0 fully saturated rings. The molecule has 12 heavy (non-hydrogen) atoms. The zero-order chi connectivity index (χ0) is 9.14. The number of Topliss-reactive ketones (excluding diaryl/α,β-unsaturated/α-hetero) is 1. The van der Waals surface area contributed by atoms with Gasteiger partial charge in [0.25, 0.3) is 0 Å². The molecule has 0 saturated heterocycles. The smallest absolute Gasteiger partial charge is 0.190 e. The molecule has 0 aromatic heterocycles. The highest BCUT2D eigenvalue weighted by Crippen LogP contribution is 2.19. The monoisotopic (exact) mass is 166 g/mol. The van der Waals surface area contributed by atoms with E-state index >= 15 is 0 Å². The van der Waals surface area contributed by atoms with E-state index in [0.717, 1.165) is 0 Å². The second-order valence-electron chi connectivity index (χ2n) is 2.39. The van der Waals surface area contributed by atoms with Gasteiger partial charge in [0.1, 0.15) is 6.61 Å². The molecular formula is C8H10N2O2. The molecule has 0 spiro atoms. The topological polar surface area (TPSA) is 89.3 Å². The first-order valence-electron chi connectivity index (χ1n) is 3.45. The van der Waals surface area contributed by atoms with E-state index in [4.69, 9.17) is 16.6 Å². The van der Waals surface area contributed by atoms with Crippen LogP contribution in [0.15, 0.2) is 18.2 Å². The Morgan fingerprint density at radius 1 is 1.42 bits per heavy atom. The summed E-state index contributed by atoms with van der Waals surface area (Å²) >= 11 is 0. The molecule has 0 amide bonds. The molecule has 0 aliphatic carbocycles. The number of carbonyl (C=O) groups excluding carboxylic acids is 1. The molecule has 0 atom stereocenters. The van der Waals surface area contributed by atoms with E-state index in [1.165, 1.54) is 6.07 Å². The third-order valence-electron chi connectivity index (χ3n) is 1.58. The number of hydrogen-bond donors (Lipinski definition) is 3.